The summed E-state index contributed by atoms with van der Waals surface area (Å²) < 4.78 is 2.08. The molecule has 3 aromatic rings. The molecule has 0 N–H and O–H groups in total. The van der Waals surface area contributed by atoms with E-state index in [9.17, 15) is 0 Å². The van der Waals surface area contributed by atoms with Gasteiger partial charge in [-0.05, 0) is 49.9 Å². The van der Waals surface area contributed by atoms with Crippen LogP contribution in [0.15, 0.2) is 48.9 Å². The number of nitriles is 1. The first-order valence-corrected chi connectivity index (χ1v) is 9.26. The monoisotopic (exact) mass is 345 g/mol. The van der Waals surface area contributed by atoms with Crippen molar-refractivity contribution in [3.63, 3.8) is 0 Å². The van der Waals surface area contributed by atoms with Gasteiger partial charge in [-0.3, -0.25) is 9.88 Å². The number of pyridine rings is 2. The average molecular weight is 345 g/mol. The van der Waals surface area contributed by atoms with Gasteiger partial charge in [-0.2, -0.15) is 5.26 Å². The van der Waals surface area contributed by atoms with Crippen molar-refractivity contribution < 1.29 is 0 Å². The molecule has 1 saturated heterocycles. The number of aryl methyl sites for hydroxylation is 1. The molecule has 4 rings (SSSR count). The lowest BCUT2D eigenvalue weighted by molar-refractivity contribution is 0.0794. The molecule has 0 bridgehead atoms. The Morgan fingerprint density at radius 2 is 2.08 bits per heavy atom. The minimum absolute atomic E-state index is 0.225. The first kappa shape index (κ1) is 16.7. The SMILES string of the molecule is Cc1cccnc1[C@@H]1CCC[C@H](c2cn3ccccc3n2)N1CCC#N. The van der Waals surface area contributed by atoms with Gasteiger partial charge in [-0.25, -0.2) is 4.98 Å². The Bertz CT molecular complexity index is 906. The fourth-order valence-corrected chi connectivity index (χ4v) is 4.12. The van der Waals surface area contributed by atoms with Crippen molar-refractivity contribution in [2.45, 2.75) is 44.7 Å². The van der Waals surface area contributed by atoms with E-state index in [-0.39, 0.29) is 12.1 Å². The maximum Gasteiger partial charge on any atom is 0.137 e. The van der Waals surface area contributed by atoms with Gasteiger partial charge < -0.3 is 4.40 Å². The molecule has 1 aliphatic rings. The van der Waals surface area contributed by atoms with Crippen LogP contribution in [0.5, 0.6) is 0 Å². The summed E-state index contributed by atoms with van der Waals surface area (Å²) in [6.45, 7) is 2.87. The summed E-state index contributed by atoms with van der Waals surface area (Å²) in [6.07, 6.45) is 9.85. The number of nitrogens with zero attached hydrogens (tertiary/aromatic N) is 5. The number of hydrogen-bond acceptors (Lipinski definition) is 4. The zero-order valence-corrected chi connectivity index (χ0v) is 15.0. The van der Waals surface area contributed by atoms with E-state index in [1.54, 1.807) is 0 Å². The molecular formula is C21H23N5. The first-order chi connectivity index (χ1) is 12.8. The highest BCUT2D eigenvalue weighted by atomic mass is 15.2. The van der Waals surface area contributed by atoms with Crippen molar-refractivity contribution >= 4 is 5.65 Å². The maximum absolute atomic E-state index is 9.17. The van der Waals surface area contributed by atoms with Crippen LogP contribution in [0.2, 0.25) is 0 Å². The Kier molecular flexibility index (Phi) is 4.68. The lowest BCUT2D eigenvalue weighted by atomic mass is 9.90. The predicted molar refractivity (Wildman–Crippen MR) is 100 cm³/mol. The highest BCUT2D eigenvalue weighted by Crippen LogP contribution is 2.41. The van der Waals surface area contributed by atoms with Crippen molar-refractivity contribution in [3.05, 3.63) is 65.9 Å². The van der Waals surface area contributed by atoms with Crippen molar-refractivity contribution in [1.29, 1.82) is 5.26 Å². The number of imidazole rings is 1. The molecule has 0 aliphatic carbocycles. The third kappa shape index (κ3) is 3.09. The quantitative estimate of drug-likeness (QED) is 0.710. The van der Waals surface area contributed by atoms with Crippen LogP contribution in [0, 0.1) is 18.3 Å². The number of fused-ring (bicyclic) bond motifs is 1. The second kappa shape index (κ2) is 7.27. The standard InChI is InChI=1S/C21H23N5/c1-16-7-5-12-23-21(16)19-9-4-8-18(26(19)14-6-11-22)17-15-25-13-3-2-10-20(25)24-17/h2-3,5,7,10,12-13,15,18-19H,4,6,8-9,14H2,1H3/t18-,19+/m1/s1. The summed E-state index contributed by atoms with van der Waals surface area (Å²) in [5.41, 5.74) is 4.42. The van der Waals surface area contributed by atoms with Crippen LogP contribution in [0.4, 0.5) is 0 Å². The Hall–Kier alpha value is -2.71. The molecule has 0 unspecified atom stereocenters. The van der Waals surface area contributed by atoms with Gasteiger partial charge in [0.1, 0.15) is 5.65 Å². The van der Waals surface area contributed by atoms with Crippen molar-refractivity contribution in [2.75, 3.05) is 6.54 Å². The van der Waals surface area contributed by atoms with E-state index in [0.717, 1.165) is 42.8 Å². The number of hydrogen-bond donors (Lipinski definition) is 0. The lowest BCUT2D eigenvalue weighted by Crippen LogP contribution is -2.38. The van der Waals surface area contributed by atoms with Gasteiger partial charge in [0.25, 0.3) is 0 Å². The van der Waals surface area contributed by atoms with Gasteiger partial charge in [0.05, 0.1) is 29.5 Å². The Morgan fingerprint density at radius 3 is 2.88 bits per heavy atom. The molecule has 5 nitrogen and oxygen atoms in total. The summed E-state index contributed by atoms with van der Waals surface area (Å²) in [5.74, 6) is 0. The number of piperidine rings is 1. The van der Waals surface area contributed by atoms with E-state index in [2.05, 4.69) is 39.5 Å². The van der Waals surface area contributed by atoms with Crippen LogP contribution < -0.4 is 0 Å². The van der Waals surface area contributed by atoms with E-state index in [1.165, 1.54) is 5.56 Å². The lowest BCUT2D eigenvalue weighted by Gasteiger charge is -2.41. The van der Waals surface area contributed by atoms with Crippen LogP contribution in [0.25, 0.3) is 5.65 Å². The largest absolute Gasteiger partial charge is 0.307 e. The first-order valence-electron chi connectivity index (χ1n) is 9.26. The smallest absolute Gasteiger partial charge is 0.137 e. The van der Waals surface area contributed by atoms with Crippen LogP contribution in [-0.2, 0) is 0 Å². The molecular weight excluding hydrogens is 322 g/mol. The van der Waals surface area contributed by atoms with E-state index in [0.29, 0.717) is 6.42 Å². The van der Waals surface area contributed by atoms with E-state index in [1.807, 2.05) is 36.7 Å². The number of aromatic nitrogens is 3. The fraction of sp³-hybridized carbons (Fsp3) is 0.381. The predicted octanol–water partition coefficient (Wildman–Crippen LogP) is 4.22. The minimum Gasteiger partial charge on any atom is -0.307 e. The van der Waals surface area contributed by atoms with E-state index >= 15 is 0 Å². The second-order valence-electron chi connectivity index (χ2n) is 6.95. The zero-order valence-electron chi connectivity index (χ0n) is 15.0. The summed E-state index contributed by atoms with van der Waals surface area (Å²) in [7, 11) is 0. The summed E-state index contributed by atoms with van der Waals surface area (Å²) in [4.78, 5) is 12.0. The average Bonchev–Trinajstić information content (AvgIpc) is 3.10. The topological polar surface area (TPSA) is 57.2 Å². The molecule has 0 radical (unpaired) electrons. The molecule has 1 fully saturated rings. The van der Waals surface area contributed by atoms with Gasteiger partial charge in [-0.1, -0.05) is 12.1 Å². The Labute approximate surface area is 153 Å². The highest BCUT2D eigenvalue weighted by molar-refractivity contribution is 5.40. The Balaban J connectivity index is 1.72. The number of likely N-dealkylation sites (tertiary alicyclic amines) is 1. The van der Waals surface area contributed by atoms with Gasteiger partial charge in [0.15, 0.2) is 0 Å². The summed E-state index contributed by atoms with van der Waals surface area (Å²) in [6, 6.07) is 13.0. The van der Waals surface area contributed by atoms with Crippen molar-refractivity contribution in [3.8, 4) is 6.07 Å². The van der Waals surface area contributed by atoms with E-state index in [4.69, 9.17) is 10.2 Å². The van der Waals surface area contributed by atoms with Gasteiger partial charge in [0.2, 0.25) is 0 Å². The van der Waals surface area contributed by atoms with Crippen LogP contribution in [0.3, 0.4) is 0 Å². The summed E-state index contributed by atoms with van der Waals surface area (Å²) >= 11 is 0. The van der Waals surface area contributed by atoms with Crippen molar-refractivity contribution in [1.82, 2.24) is 19.3 Å². The molecule has 1 aliphatic heterocycles. The normalized spacial score (nSPS) is 20.9. The third-order valence-corrected chi connectivity index (χ3v) is 5.33. The van der Waals surface area contributed by atoms with E-state index < -0.39 is 0 Å². The molecule has 0 spiro atoms. The fourth-order valence-electron chi connectivity index (χ4n) is 4.12. The second-order valence-corrected chi connectivity index (χ2v) is 6.95. The molecule has 132 valence electrons. The van der Waals surface area contributed by atoms with Gasteiger partial charge in [0, 0.05) is 31.6 Å². The zero-order chi connectivity index (χ0) is 17.9. The molecule has 3 aromatic heterocycles. The molecule has 5 heteroatoms. The molecule has 26 heavy (non-hydrogen) atoms. The molecule has 0 saturated carbocycles. The van der Waals surface area contributed by atoms with Gasteiger partial charge in [-0.15, -0.1) is 0 Å². The highest BCUT2D eigenvalue weighted by Gasteiger charge is 2.34. The molecule has 4 heterocycles. The summed E-state index contributed by atoms with van der Waals surface area (Å²) in [5, 5.41) is 9.17. The molecule has 2 atom stereocenters. The Morgan fingerprint density at radius 1 is 1.19 bits per heavy atom. The molecule has 0 aromatic carbocycles. The van der Waals surface area contributed by atoms with Crippen LogP contribution in [-0.4, -0.2) is 25.8 Å². The van der Waals surface area contributed by atoms with Crippen molar-refractivity contribution in [2.24, 2.45) is 0 Å². The number of rotatable bonds is 4. The third-order valence-electron chi connectivity index (χ3n) is 5.33. The van der Waals surface area contributed by atoms with Crippen LogP contribution in [0.1, 0.15) is 54.7 Å². The van der Waals surface area contributed by atoms with Gasteiger partial charge >= 0.3 is 0 Å². The minimum atomic E-state index is 0.225. The molecule has 0 amide bonds. The maximum atomic E-state index is 9.17. The van der Waals surface area contributed by atoms with Crippen LogP contribution >= 0.6 is 0 Å².